The number of hydrogen-bond acceptors (Lipinski definition) is 3. The lowest BCUT2D eigenvalue weighted by atomic mass is 10.1. The molecule has 136 valence electrons. The lowest BCUT2D eigenvalue weighted by molar-refractivity contribution is -0.130. The molecule has 0 unspecified atom stereocenters. The molecule has 0 saturated carbocycles. The van der Waals surface area contributed by atoms with E-state index in [1.807, 2.05) is 37.3 Å². The van der Waals surface area contributed by atoms with Gasteiger partial charge in [-0.2, -0.15) is 0 Å². The average Bonchev–Trinajstić information content (AvgIpc) is 2.87. The summed E-state index contributed by atoms with van der Waals surface area (Å²) < 4.78 is 5.91. The Morgan fingerprint density at radius 2 is 1.84 bits per heavy atom. The van der Waals surface area contributed by atoms with Gasteiger partial charge in [-0.15, -0.1) is 0 Å². The van der Waals surface area contributed by atoms with Gasteiger partial charge in [0, 0.05) is 44.7 Å². The molecule has 1 heterocycles. The van der Waals surface area contributed by atoms with Gasteiger partial charge < -0.3 is 14.5 Å². The van der Waals surface area contributed by atoms with Crippen LogP contribution in [0.3, 0.4) is 0 Å². The third-order valence-corrected chi connectivity index (χ3v) is 4.48. The van der Waals surface area contributed by atoms with Gasteiger partial charge in [-0.1, -0.05) is 25.1 Å². The SMILES string of the molecule is CC[C@H](C)Oc1ccccc1/C=C\C(=O)N1CCCN(C(C)=O)CC1. The normalized spacial score (nSPS) is 16.6. The molecule has 2 rings (SSSR count). The highest BCUT2D eigenvalue weighted by atomic mass is 16.5. The summed E-state index contributed by atoms with van der Waals surface area (Å²) in [4.78, 5) is 27.6. The predicted octanol–water partition coefficient (Wildman–Crippen LogP) is 2.96. The van der Waals surface area contributed by atoms with Gasteiger partial charge in [0.15, 0.2) is 0 Å². The number of para-hydroxylation sites is 1. The minimum Gasteiger partial charge on any atom is -0.490 e. The van der Waals surface area contributed by atoms with Crippen LogP contribution in [0.25, 0.3) is 6.08 Å². The van der Waals surface area contributed by atoms with Crippen molar-refractivity contribution in [2.75, 3.05) is 26.2 Å². The summed E-state index contributed by atoms with van der Waals surface area (Å²) in [5.74, 6) is 0.837. The summed E-state index contributed by atoms with van der Waals surface area (Å²) in [7, 11) is 0. The van der Waals surface area contributed by atoms with Crippen LogP contribution in [0.2, 0.25) is 0 Å². The number of ether oxygens (including phenoxy) is 1. The zero-order valence-electron chi connectivity index (χ0n) is 15.4. The van der Waals surface area contributed by atoms with Crippen LogP contribution in [-0.4, -0.2) is 53.9 Å². The molecule has 1 saturated heterocycles. The highest BCUT2D eigenvalue weighted by Crippen LogP contribution is 2.21. The number of carbonyl (C=O) groups is 2. The number of amides is 2. The smallest absolute Gasteiger partial charge is 0.246 e. The van der Waals surface area contributed by atoms with E-state index in [4.69, 9.17) is 4.74 Å². The Balaban J connectivity index is 2.01. The molecule has 0 bridgehead atoms. The van der Waals surface area contributed by atoms with E-state index in [-0.39, 0.29) is 17.9 Å². The number of benzene rings is 1. The van der Waals surface area contributed by atoms with E-state index in [0.29, 0.717) is 26.2 Å². The van der Waals surface area contributed by atoms with Crippen molar-refractivity contribution in [1.29, 1.82) is 0 Å². The summed E-state index contributed by atoms with van der Waals surface area (Å²) >= 11 is 0. The minimum absolute atomic E-state index is 0.0243. The molecule has 1 aromatic rings. The lowest BCUT2D eigenvalue weighted by Crippen LogP contribution is -2.35. The first-order valence-corrected chi connectivity index (χ1v) is 8.99. The van der Waals surface area contributed by atoms with E-state index in [1.165, 1.54) is 0 Å². The van der Waals surface area contributed by atoms with E-state index in [9.17, 15) is 9.59 Å². The second-order valence-electron chi connectivity index (χ2n) is 6.39. The number of nitrogens with zero attached hydrogens (tertiary/aromatic N) is 2. The zero-order chi connectivity index (χ0) is 18.2. The number of carbonyl (C=O) groups excluding carboxylic acids is 2. The van der Waals surface area contributed by atoms with Crippen LogP contribution in [0, 0.1) is 0 Å². The molecule has 25 heavy (non-hydrogen) atoms. The maximum absolute atomic E-state index is 12.5. The molecule has 0 N–H and O–H groups in total. The molecule has 0 radical (unpaired) electrons. The predicted molar refractivity (Wildman–Crippen MR) is 99.3 cm³/mol. The molecule has 1 aromatic carbocycles. The quantitative estimate of drug-likeness (QED) is 0.772. The highest BCUT2D eigenvalue weighted by molar-refractivity contribution is 5.92. The molecule has 2 amide bonds. The van der Waals surface area contributed by atoms with Crippen molar-refractivity contribution < 1.29 is 14.3 Å². The molecule has 1 aliphatic heterocycles. The fraction of sp³-hybridized carbons (Fsp3) is 0.500. The first-order chi connectivity index (χ1) is 12.0. The summed E-state index contributed by atoms with van der Waals surface area (Å²) in [5, 5.41) is 0. The summed E-state index contributed by atoms with van der Waals surface area (Å²) in [5.41, 5.74) is 0.899. The van der Waals surface area contributed by atoms with Gasteiger partial charge in [0.25, 0.3) is 0 Å². The molecule has 1 atom stereocenters. The molecule has 5 heteroatoms. The van der Waals surface area contributed by atoms with E-state index >= 15 is 0 Å². The first kappa shape index (κ1) is 19.0. The Morgan fingerprint density at radius 1 is 1.16 bits per heavy atom. The molecule has 1 aliphatic rings. The maximum Gasteiger partial charge on any atom is 0.246 e. The topological polar surface area (TPSA) is 49.9 Å². The van der Waals surface area contributed by atoms with Gasteiger partial charge in [-0.25, -0.2) is 0 Å². The minimum atomic E-state index is -0.0243. The van der Waals surface area contributed by atoms with Gasteiger partial charge in [0.05, 0.1) is 6.10 Å². The van der Waals surface area contributed by atoms with Crippen LogP contribution >= 0.6 is 0 Å². The Hall–Kier alpha value is -2.30. The van der Waals surface area contributed by atoms with Crippen LogP contribution in [-0.2, 0) is 9.59 Å². The van der Waals surface area contributed by atoms with Crippen molar-refractivity contribution in [3.8, 4) is 5.75 Å². The summed E-state index contributed by atoms with van der Waals surface area (Å²) in [6.07, 6.45) is 5.29. The van der Waals surface area contributed by atoms with E-state index in [2.05, 4.69) is 6.92 Å². The van der Waals surface area contributed by atoms with Crippen molar-refractivity contribution in [3.05, 3.63) is 35.9 Å². The van der Waals surface area contributed by atoms with Crippen LogP contribution in [0.1, 0.15) is 39.2 Å². The first-order valence-electron chi connectivity index (χ1n) is 8.99. The van der Waals surface area contributed by atoms with Crippen molar-refractivity contribution >= 4 is 17.9 Å². The Labute approximate surface area is 150 Å². The number of rotatable bonds is 5. The second kappa shape index (κ2) is 9.25. The molecule has 5 nitrogen and oxygen atoms in total. The largest absolute Gasteiger partial charge is 0.490 e. The fourth-order valence-electron chi connectivity index (χ4n) is 2.74. The van der Waals surface area contributed by atoms with E-state index in [0.717, 1.165) is 24.2 Å². The summed E-state index contributed by atoms with van der Waals surface area (Å²) in [6.45, 7) is 8.26. The van der Waals surface area contributed by atoms with Crippen LogP contribution in [0.15, 0.2) is 30.3 Å². The van der Waals surface area contributed by atoms with Gasteiger partial charge >= 0.3 is 0 Å². The van der Waals surface area contributed by atoms with Gasteiger partial charge in [0.1, 0.15) is 5.75 Å². The Kier molecular flexibility index (Phi) is 7.04. The third kappa shape index (κ3) is 5.62. The molecular weight excluding hydrogens is 316 g/mol. The van der Waals surface area contributed by atoms with Gasteiger partial charge in [-0.3, -0.25) is 9.59 Å². The monoisotopic (exact) mass is 344 g/mol. The van der Waals surface area contributed by atoms with E-state index in [1.54, 1.807) is 22.8 Å². The molecule has 1 fully saturated rings. The third-order valence-electron chi connectivity index (χ3n) is 4.48. The molecular formula is C20H28N2O3. The van der Waals surface area contributed by atoms with Gasteiger partial charge in [0.2, 0.25) is 11.8 Å². The lowest BCUT2D eigenvalue weighted by Gasteiger charge is -2.20. The molecule has 0 aliphatic carbocycles. The Morgan fingerprint density at radius 3 is 2.56 bits per heavy atom. The second-order valence-corrected chi connectivity index (χ2v) is 6.39. The highest BCUT2D eigenvalue weighted by Gasteiger charge is 2.18. The van der Waals surface area contributed by atoms with Crippen molar-refractivity contribution in [2.45, 2.75) is 39.7 Å². The van der Waals surface area contributed by atoms with Crippen LogP contribution in [0.5, 0.6) is 5.75 Å². The van der Waals surface area contributed by atoms with Crippen LogP contribution < -0.4 is 4.74 Å². The van der Waals surface area contributed by atoms with Crippen molar-refractivity contribution in [1.82, 2.24) is 9.80 Å². The zero-order valence-corrected chi connectivity index (χ0v) is 15.4. The maximum atomic E-state index is 12.5. The van der Waals surface area contributed by atoms with Crippen LogP contribution in [0.4, 0.5) is 0 Å². The molecule has 0 aromatic heterocycles. The van der Waals surface area contributed by atoms with Crippen molar-refractivity contribution in [3.63, 3.8) is 0 Å². The standard InChI is InChI=1S/C20H28N2O3/c1-4-16(2)25-19-9-6-5-8-18(19)10-11-20(24)22-13-7-12-21(14-15-22)17(3)23/h5-6,8-11,16H,4,7,12-15H2,1-3H3/b11-10-/t16-/m0/s1. The van der Waals surface area contributed by atoms with Crippen molar-refractivity contribution in [2.24, 2.45) is 0 Å². The number of hydrogen-bond donors (Lipinski definition) is 0. The molecule has 0 spiro atoms. The Bertz CT molecular complexity index is 627. The summed E-state index contributed by atoms with van der Waals surface area (Å²) in [6, 6.07) is 7.74. The van der Waals surface area contributed by atoms with Gasteiger partial charge in [-0.05, 0) is 31.9 Å². The average molecular weight is 344 g/mol. The fourth-order valence-corrected chi connectivity index (χ4v) is 2.74. The van der Waals surface area contributed by atoms with E-state index < -0.39 is 0 Å².